The van der Waals surface area contributed by atoms with Gasteiger partial charge in [-0.05, 0) is 61.1 Å². The molecule has 2 aromatic rings. The Kier molecular flexibility index (Phi) is 9.21. The van der Waals surface area contributed by atoms with Crippen molar-refractivity contribution >= 4 is 81.2 Å². The summed E-state index contributed by atoms with van der Waals surface area (Å²) in [7, 11) is 1.26. The number of esters is 1. The molecule has 35 heavy (non-hydrogen) atoms. The summed E-state index contributed by atoms with van der Waals surface area (Å²) < 4.78 is 15.7. The van der Waals surface area contributed by atoms with Crippen LogP contribution in [0.15, 0.2) is 41.3 Å². The fourth-order valence-corrected chi connectivity index (χ4v) is 4.23. The van der Waals surface area contributed by atoms with Crippen LogP contribution in [0.5, 0.6) is 11.5 Å². The number of carbonyl (C=O) groups excluding carboxylic acids is 3. The van der Waals surface area contributed by atoms with Gasteiger partial charge in [0.05, 0.1) is 28.7 Å². The van der Waals surface area contributed by atoms with Crippen molar-refractivity contribution in [3.05, 3.63) is 56.9 Å². The van der Waals surface area contributed by atoms with Gasteiger partial charge in [0.2, 0.25) is 0 Å². The highest BCUT2D eigenvalue weighted by molar-refractivity contribution is 8.26. The Morgan fingerprint density at radius 2 is 1.89 bits per heavy atom. The highest BCUT2D eigenvalue weighted by Crippen LogP contribution is 2.34. The van der Waals surface area contributed by atoms with E-state index in [0.29, 0.717) is 34.4 Å². The van der Waals surface area contributed by atoms with Gasteiger partial charge >= 0.3 is 12.0 Å². The number of halogens is 2. The number of methoxy groups -OCH3 is 1. The summed E-state index contributed by atoms with van der Waals surface area (Å²) in [4.78, 5) is 36.9. The fourth-order valence-electron chi connectivity index (χ4n) is 2.75. The van der Waals surface area contributed by atoms with Crippen LogP contribution in [0.25, 0.3) is 6.08 Å². The number of nitrogens with zero attached hydrogens (tertiary/aromatic N) is 1. The largest absolute Gasteiger partial charge is 0.490 e. The molecule has 0 radical (unpaired) electrons. The number of ether oxygens (including phenoxy) is 3. The zero-order chi connectivity index (χ0) is 25.5. The molecule has 2 aromatic carbocycles. The molecule has 3 rings (SSSR count). The van der Waals surface area contributed by atoms with Crippen molar-refractivity contribution in [3.8, 4) is 11.5 Å². The predicted octanol–water partition coefficient (Wildman–Crippen LogP) is 4.88. The average molecular weight is 556 g/mol. The summed E-state index contributed by atoms with van der Waals surface area (Å²) >= 11 is 18.1. The van der Waals surface area contributed by atoms with Crippen molar-refractivity contribution in [2.75, 3.05) is 25.6 Å². The lowest BCUT2D eigenvalue weighted by atomic mass is 10.2. The first-order valence-corrected chi connectivity index (χ1v) is 12.0. The number of carbonyl (C=O) groups is 3. The van der Waals surface area contributed by atoms with E-state index in [1.54, 1.807) is 37.3 Å². The van der Waals surface area contributed by atoms with Gasteiger partial charge < -0.3 is 19.5 Å². The summed E-state index contributed by atoms with van der Waals surface area (Å²) in [6.07, 6.45) is 1.60. The summed E-state index contributed by atoms with van der Waals surface area (Å²) in [5, 5.41) is 4.14. The first kappa shape index (κ1) is 26.6. The van der Waals surface area contributed by atoms with Gasteiger partial charge in [0, 0.05) is 5.69 Å². The van der Waals surface area contributed by atoms with Crippen LogP contribution in [0.2, 0.25) is 10.0 Å². The lowest BCUT2D eigenvalue weighted by Gasteiger charge is -2.16. The van der Waals surface area contributed by atoms with Crippen LogP contribution < -0.4 is 20.2 Å². The van der Waals surface area contributed by atoms with E-state index >= 15 is 0 Å². The van der Waals surface area contributed by atoms with Crippen LogP contribution in [-0.2, 0) is 14.3 Å². The van der Waals surface area contributed by atoms with Crippen molar-refractivity contribution in [2.45, 2.75) is 6.92 Å². The second-order valence-electron chi connectivity index (χ2n) is 6.72. The molecule has 0 aliphatic carbocycles. The Bertz CT molecular complexity index is 1210. The molecule has 0 bridgehead atoms. The molecule has 184 valence electrons. The number of anilines is 1. The van der Waals surface area contributed by atoms with Gasteiger partial charge in [-0.3, -0.25) is 4.79 Å². The second kappa shape index (κ2) is 12.1. The summed E-state index contributed by atoms with van der Waals surface area (Å²) in [5.74, 6) is -0.300. The van der Waals surface area contributed by atoms with Crippen LogP contribution in [0.3, 0.4) is 0 Å². The minimum absolute atomic E-state index is 0.147. The van der Waals surface area contributed by atoms with Crippen molar-refractivity contribution in [1.29, 1.82) is 0 Å². The number of amides is 3. The van der Waals surface area contributed by atoms with Crippen LogP contribution in [0.1, 0.15) is 12.5 Å². The van der Waals surface area contributed by atoms with Crippen molar-refractivity contribution < 1.29 is 28.6 Å². The molecule has 0 saturated carbocycles. The Labute approximate surface area is 220 Å². The molecule has 9 nitrogen and oxygen atoms in total. The predicted molar refractivity (Wildman–Crippen MR) is 139 cm³/mol. The van der Waals surface area contributed by atoms with Crippen LogP contribution >= 0.6 is 47.2 Å². The third kappa shape index (κ3) is 7.01. The number of hydrogen-bond acceptors (Lipinski definition) is 8. The molecule has 1 fully saturated rings. The van der Waals surface area contributed by atoms with Crippen molar-refractivity contribution in [1.82, 2.24) is 10.4 Å². The van der Waals surface area contributed by atoms with Crippen LogP contribution in [0.4, 0.5) is 10.5 Å². The standard InChI is InChI=1S/C22H19Cl2N3O6S2/c1-3-32-17-8-12(4-7-16(17)33-11-19(28)31-2)9-18-20(29)27(22(34)35-18)26-21(30)25-13-5-6-14(23)15(24)10-13/h4-10H,3,11H2,1-2H3,(H2,25,26,30)/b18-9-. The van der Waals surface area contributed by atoms with Gasteiger partial charge in [0.15, 0.2) is 22.4 Å². The Morgan fingerprint density at radius 1 is 1.11 bits per heavy atom. The maximum absolute atomic E-state index is 12.9. The molecule has 1 aliphatic rings. The summed E-state index contributed by atoms with van der Waals surface area (Å²) in [5.41, 5.74) is 3.43. The van der Waals surface area contributed by atoms with E-state index in [-0.39, 0.29) is 20.9 Å². The van der Waals surface area contributed by atoms with E-state index < -0.39 is 17.9 Å². The third-order valence-electron chi connectivity index (χ3n) is 4.32. The van der Waals surface area contributed by atoms with Crippen LogP contribution in [0, 0.1) is 0 Å². The van der Waals surface area contributed by atoms with Gasteiger partial charge in [-0.2, -0.15) is 5.01 Å². The monoisotopic (exact) mass is 555 g/mol. The van der Waals surface area contributed by atoms with E-state index in [2.05, 4.69) is 15.5 Å². The second-order valence-corrected chi connectivity index (χ2v) is 9.21. The van der Waals surface area contributed by atoms with E-state index in [0.717, 1.165) is 16.8 Å². The Hall–Kier alpha value is -2.99. The molecule has 0 unspecified atom stereocenters. The Balaban J connectivity index is 1.71. The molecule has 0 spiro atoms. The molecule has 0 atom stereocenters. The van der Waals surface area contributed by atoms with E-state index in [1.807, 2.05) is 0 Å². The highest BCUT2D eigenvalue weighted by atomic mass is 35.5. The zero-order valence-electron chi connectivity index (χ0n) is 18.4. The quantitative estimate of drug-likeness (QED) is 0.269. The van der Waals surface area contributed by atoms with Gasteiger partial charge in [-0.15, -0.1) is 0 Å². The topological polar surface area (TPSA) is 106 Å². The van der Waals surface area contributed by atoms with Gasteiger partial charge in [0.1, 0.15) is 0 Å². The number of nitrogens with one attached hydrogen (secondary N) is 2. The number of benzene rings is 2. The average Bonchev–Trinajstić information content (AvgIpc) is 3.08. The lowest BCUT2D eigenvalue weighted by Crippen LogP contribution is -2.46. The minimum atomic E-state index is -0.688. The number of urea groups is 1. The first-order valence-electron chi connectivity index (χ1n) is 9.99. The molecule has 1 aliphatic heterocycles. The number of thiocarbonyl (C=S) groups is 1. The van der Waals surface area contributed by atoms with Crippen LogP contribution in [-0.4, -0.2) is 47.6 Å². The third-order valence-corrected chi connectivity index (χ3v) is 6.36. The first-order chi connectivity index (χ1) is 16.7. The maximum atomic E-state index is 12.9. The summed E-state index contributed by atoms with van der Waals surface area (Å²) in [6, 6.07) is 8.84. The molecular formula is C22H19Cl2N3O6S2. The molecule has 2 N–H and O–H groups in total. The van der Waals surface area contributed by atoms with E-state index in [9.17, 15) is 14.4 Å². The Morgan fingerprint density at radius 3 is 2.57 bits per heavy atom. The van der Waals surface area contributed by atoms with Gasteiger partial charge in [-0.1, -0.05) is 41.0 Å². The van der Waals surface area contributed by atoms with E-state index in [4.69, 9.17) is 44.9 Å². The van der Waals surface area contributed by atoms with Crippen molar-refractivity contribution in [3.63, 3.8) is 0 Å². The highest BCUT2D eigenvalue weighted by Gasteiger charge is 2.33. The number of thioether (sulfide) groups is 1. The SMILES string of the molecule is CCOc1cc(/C=C2\SC(=S)N(NC(=O)Nc3ccc(Cl)c(Cl)c3)C2=O)ccc1OCC(=O)OC. The lowest BCUT2D eigenvalue weighted by molar-refractivity contribution is -0.142. The minimum Gasteiger partial charge on any atom is -0.490 e. The normalized spacial score (nSPS) is 14.2. The van der Waals surface area contributed by atoms with Gasteiger partial charge in [0.25, 0.3) is 5.91 Å². The maximum Gasteiger partial charge on any atom is 0.343 e. The number of hydrazine groups is 1. The molecule has 0 aromatic heterocycles. The van der Waals surface area contributed by atoms with E-state index in [1.165, 1.54) is 19.2 Å². The number of rotatable bonds is 8. The molecule has 1 heterocycles. The van der Waals surface area contributed by atoms with Crippen molar-refractivity contribution in [2.24, 2.45) is 0 Å². The zero-order valence-corrected chi connectivity index (χ0v) is 21.6. The number of hydrogen-bond donors (Lipinski definition) is 2. The molecule has 3 amide bonds. The molecule has 1 saturated heterocycles. The molecule has 13 heteroatoms. The smallest absolute Gasteiger partial charge is 0.343 e. The molecular weight excluding hydrogens is 537 g/mol. The summed E-state index contributed by atoms with van der Waals surface area (Å²) in [6.45, 7) is 1.89. The van der Waals surface area contributed by atoms with Gasteiger partial charge in [-0.25, -0.2) is 15.0 Å². The fraction of sp³-hybridized carbons (Fsp3) is 0.182.